The second-order valence-electron chi connectivity index (χ2n) is 8.18. The number of piperidine rings is 1. The number of para-hydroxylation sites is 1. The Morgan fingerprint density at radius 2 is 1.83 bits per heavy atom. The second-order valence-corrected chi connectivity index (χ2v) is 10.1. The molecule has 7 heteroatoms. The van der Waals surface area contributed by atoms with E-state index in [-0.39, 0.29) is 18.5 Å². The van der Waals surface area contributed by atoms with Gasteiger partial charge < -0.3 is 10.2 Å². The van der Waals surface area contributed by atoms with Gasteiger partial charge in [-0.15, -0.1) is 0 Å². The van der Waals surface area contributed by atoms with E-state index in [9.17, 15) is 13.2 Å². The number of nitrogens with one attached hydrogen (secondary N) is 1. The third-order valence-electron chi connectivity index (χ3n) is 5.52. The summed E-state index contributed by atoms with van der Waals surface area (Å²) in [6, 6.07) is 16.7. The standard InChI is InChI=1S/C23H31N3O3S/c1-18-8-7-15-25(16-18)21-13-11-20(12-14-21)19(2)24-23(27)17-26(30(3,28)29)22-9-5-4-6-10-22/h4-6,9-14,18-19H,7-8,15-17H2,1-3H3,(H,24,27)/t18-,19-/m1/s1. The van der Waals surface area contributed by atoms with E-state index in [1.165, 1.54) is 18.5 Å². The maximum Gasteiger partial charge on any atom is 0.241 e. The van der Waals surface area contributed by atoms with Gasteiger partial charge in [0.15, 0.2) is 0 Å². The van der Waals surface area contributed by atoms with Gasteiger partial charge in [-0.3, -0.25) is 9.10 Å². The van der Waals surface area contributed by atoms with Crippen LogP contribution in [0.15, 0.2) is 54.6 Å². The van der Waals surface area contributed by atoms with Crippen LogP contribution in [0.2, 0.25) is 0 Å². The fourth-order valence-corrected chi connectivity index (χ4v) is 4.75. The molecule has 0 spiro atoms. The van der Waals surface area contributed by atoms with Gasteiger partial charge in [0, 0.05) is 18.8 Å². The fourth-order valence-electron chi connectivity index (χ4n) is 3.89. The van der Waals surface area contributed by atoms with Crippen LogP contribution in [0.5, 0.6) is 0 Å². The predicted octanol–water partition coefficient (Wildman–Crippen LogP) is 3.57. The van der Waals surface area contributed by atoms with Crippen LogP contribution >= 0.6 is 0 Å². The van der Waals surface area contributed by atoms with Crippen LogP contribution in [0.4, 0.5) is 11.4 Å². The van der Waals surface area contributed by atoms with E-state index in [1.807, 2.05) is 19.1 Å². The molecule has 2 atom stereocenters. The number of hydrogen-bond donors (Lipinski definition) is 1. The molecule has 0 unspecified atom stereocenters. The molecule has 30 heavy (non-hydrogen) atoms. The van der Waals surface area contributed by atoms with Crippen molar-refractivity contribution < 1.29 is 13.2 Å². The predicted molar refractivity (Wildman–Crippen MR) is 122 cm³/mol. The van der Waals surface area contributed by atoms with E-state index in [4.69, 9.17) is 0 Å². The molecule has 0 aromatic heterocycles. The summed E-state index contributed by atoms with van der Waals surface area (Å²) in [5, 5.41) is 2.92. The van der Waals surface area contributed by atoms with Crippen LogP contribution in [0.25, 0.3) is 0 Å². The van der Waals surface area contributed by atoms with E-state index in [0.29, 0.717) is 11.6 Å². The molecule has 6 nitrogen and oxygen atoms in total. The van der Waals surface area contributed by atoms with Crippen LogP contribution in [0, 0.1) is 5.92 Å². The molecule has 1 N–H and O–H groups in total. The fraction of sp³-hybridized carbons (Fsp3) is 0.435. The topological polar surface area (TPSA) is 69.7 Å². The highest BCUT2D eigenvalue weighted by atomic mass is 32.2. The van der Waals surface area contributed by atoms with Gasteiger partial charge in [0.05, 0.1) is 18.0 Å². The Morgan fingerprint density at radius 3 is 2.43 bits per heavy atom. The first-order valence-electron chi connectivity index (χ1n) is 10.4. The largest absolute Gasteiger partial charge is 0.371 e. The van der Waals surface area contributed by atoms with Crippen LogP contribution in [0.3, 0.4) is 0 Å². The number of carbonyl (C=O) groups is 1. The molecule has 1 aliphatic rings. The Balaban J connectivity index is 1.63. The number of rotatable bonds is 7. The Hall–Kier alpha value is -2.54. The number of carbonyl (C=O) groups excluding carboxylic acids is 1. The lowest BCUT2D eigenvalue weighted by Crippen LogP contribution is -2.41. The molecule has 1 saturated heterocycles. The van der Waals surface area contributed by atoms with Gasteiger partial charge in [0.25, 0.3) is 0 Å². The molecule has 162 valence electrons. The lowest BCUT2D eigenvalue weighted by molar-refractivity contribution is -0.120. The first-order chi connectivity index (χ1) is 14.2. The Kier molecular flexibility index (Phi) is 7.02. The second kappa shape index (κ2) is 9.51. The van der Waals surface area contributed by atoms with E-state index in [2.05, 4.69) is 29.3 Å². The number of hydrogen-bond acceptors (Lipinski definition) is 4. The van der Waals surface area contributed by atoms with Crippen molar-refractivity contribution in [2.75, 3.05) is 35.1 Å². The Morgan fingerprint density at radius 1 is 1.17 bits per heavy atom. The average Bonchev–Trinajstić information content (AvgIpc) is 2.72. The minimum atomic E-state index is -3.57. The smallest absolute Gasteiger partial charge is 0.241 e. The van der Waals surface area contributed by atoms with E-state index >= 15 is 0 Å². The zero-order valence-electron chi connectivity index (χ0n) is 17.9. The van der Waals surface area contributed by atoms with Gasteiger partial charge in [-0.25, -0.2) is 8.42 Å². The SMILES string of the molecule is C[C@@H]1CCCN(c2ccc([C@@H](C)NC(=O)CN(c3ccccc3)S(C)(=O)=O)cc2)C1. The number of nitrogens with zero attached hydrogens (tertiary/aromatic N) is 2. The summed E-state index contributed by atoms with van der Waals surface area (Å²) >= 11 is 0. The highest BCUT2D eigenvalue weighted by molar-refractivity contribution is 7.92. The molecule has 1 fully saturated rings. The summed E-state index contributed by atoms with van der Waals surface area (Å²) < 4.78 is 25.5. The maximum absolute atomic E-state index is 12.6. The van der Waals surface area contributed by atoms with Gasteiger partial charge in [-0.05, 0) is 55.5 Å². The molecule has 0 saturated carbocycles. The number of amides is 1. The minimum absolute atomic E-state index is 0.219. The highest BCUT2D eigenvalue weighted by Crippen LogP contribution is 2.25. The quantitative estimate of drug-likeness (QED) is 0.731. The van der Waals surface area contributed by atoms with Crippen molar-refractivity contribution in [1.29, 1.82) is 0 Å². The molecular weight excluding hydrogens is 398 g/mol. The number of sulfonamides is 1. The van der Waals surface area contributed by atoms with E-state index in [1.54, 1.807) is 30.3 Å². The lowest BCUT2D eigenvalue weighted by Gasteiger charge is -2.33. The van der Waals surface area contributed by atoms with Gasteiger partial charge in [0.2, 0.25) is 15.9 Å². The van der Waals surface area contributed by atoms with Gasteiger partial charge >= 0.3 is 0 Å². The summed E-state index contributed by atoms with van der Waals surface area (Å²) in [5.74, 6) is 0.366. The van der Waals surface area contributed by atoms with Crippen molar-refractivity contribution in [2.24, 2.45) is 5.92 Å². The summed E-state index contributed by atoms with van der Waals surface area (Å²) in [6.45, 7) is 6.09. The van der Waals surface area contributed by atoms with Crippen LogP contribution in [-0.4, -0.2) is 40.2 Å². The van der Waals surface area contributed by atoms with Crippen molar-refractivity contribution in [1.82, 2.24) is 5.32 Å². The lowest BCUT2D eigenvalue weighted by atomic mass is 9.99. The van der Waals surface area contributed by atoms with Gasteiger partial charge in [-0.1, -0.05) is 37.3 Å². The number of anilines is 2. The zero-order chi connectivity index (χ0) is 21.7. The van der Waals surface area contributed by atoms with E-state index in [0.717, 1.165) is 29.2 Å². The molecule has 1 amide bonds. The third kappa shape index (κ3) is 5.75. The summed E-state index contributed by atoms with van der Waals surface area (Å²) in [5.41, 5.74) is 2.67. The first-order valence-corrected chi connectivity index (χ1v) is 12.3. The molecule has 1 heterocycles. The van der Waals surface area contributed by atoms with Crippen molar-refractivity contribution >= 4 is 27.3 Å². The molecule has 2 aromatic carbocycles. The Bertz CT molecular complexity index is 945. The molecule has 3 rings (SSSR count). The molecule has 0 aliphatic carbocycles. The molecule has 2 aromatic rings. The van der Waals surface area contributed by atoms with Crippen LogP contribution in [0.1, 0.15) is 38.3 Å². The summed E-state index contributed by atoms with van der Waals surface area (Å²) in [7, 11) is -3.57. The average molecular weight is 430 g/mol. The monoisotopic (exact) mass is 429 g/mol. The third-order valence-corrected chi connectivity index (χ3v) is 6.67. The molecule has 0 radical (unpaired) electrons. The van der Waals surface area contributed by atoms with Crippen molar-refractivity contribution in [3.05, 3.63) is 60.2 Å². The zero-order valence-corrected chi connectivity index (χ0v) is 18.7. The van der Waals surface area contributed by atoms with Gasteiger partial charge in [-0.2, -0.15) is 0 Å². The van der Waals surface area contributed by atoms with E-state index < -0.39 is 10.0 Å². The molecule has 0 bridgehead atoms. The summed E-state index contributed by atoms with van der Waals surface area (Å²) in [6.07, 6.45) is 3.61. The minimum Gasteiger partial charge on any atom is -0.371 e. The van der Waals surface area contributed by atoms with Gasteiger partial charge in [0.1, 0.15) is 6.54 Å². The molecular formula is C23H31N3O3S. The van der Waals surface area contributed by atoms with Crippen LogP contribution < -0.4 is 14.5 Å². The van der Waals surface area contributed by atoms with Crippen molar-refractivity contribution in [3.63, 3.8) is 0 Å². The highest BCUT2D eigenvalue weighted by Gasteiger charge is 2.22. The van der Waals surface area contributed by atoms with Crippen molar-refractivity contribution in [3.8, 4) is 0 Å². The number of benzene rings is 2. The van der Waals surface area contributed by atoms with Crippen molar-refractivity contribution in [2.45, 2.75) is 32.7 Å². The Labute approximate surface area is 179 Å². The molecule has 1 aliphatic heterocycles. The van der Waals surface area contributed by atoms with Crippen LogP contribution in [-0.2, 0) is 14.8 Å². The first kappa shape index (κ1) is 22.2. The maximum atomic E-state index is 12.6. The normalized spacial score (nSPS) is 18.0. The summed E-state index contributed by atoms with van der Waals surface area (Å²) in [4.78, 5) is 15.0.